The van der Waals surface area contributed by atoms with Gasteiger partial charge in [-0.3, -0.25) is 9.69 Å². The third-order valence-electron chi connectivity index (χ3n) is 5.88. The van der Waals surface area contributed by atoms with E-state index in [0.717, 1.165) is 17.7 Å². The zero-order chi connectivity index (χ0) is 24.1. The zero-order valence-electron chi connectivity index (χ0n) is 18.4. The SMILES string of the molecule is O=C(NCC1CC(O)N(Cc2ccccc2)C1)c1ccccc1Nc1cccc(C(F)(F)F)c1. The molecular formula is C26H26F3N3O2. The van der Waals surface area contributed by atoms with E-state index in [1.807, 2.05) is 35.2 Å². The van der Waals surface area contributed by atoms with Gasteiger partial charge in [-0.15, -0.1) is 0 Å². The molecule has 1 aliphatic rings. The van der Waals surface area contributed by atoms with Crippen molar-refractivity contribution in [2.45, 2.75) is 25.4 Å². The van der Waals surface area contributed by atoms with Gasteiger partial charge in [0, 0.05) is 25.3 Å². The summed E-state index contributed by atoms with van der Waals surface area (Å²) >= 11 is 0. The van der Waals surface area contributed by atoms with Gasteiger partial charge in [0.25, 0.3) is 5.91 Å². The van der Waals surface area contributed by atoms with Gasteiger partial charge in [0.2, 0.25) is 0 Å². The number of amides is 1. The number of alkyl halides is 3. The number of nitrogens with zero attached hydrogens (tertiary/aromatic N) is 1. The number of benzene rings is 3. The number of aliphatic hydroxyl groups is 1. The fraction of sp³-hybridized carbons (Fsp3) is 0.269. The van der Waals surface area contributed by atoms with Gasteiger partial charge in [-0.05, 0) is 48.2 Å². The van der Waals surface area contributed by atoms with Crippen LogP contribution in [-0.4, -0.2) is 35.2 Å². The Morgan fingerprint density at radius 1 is 1.00 bits per heavy atom. The van der Waals surface area contributed by atoms with Gasteiger partial charge in [-0.25, -0.2) is 0 Å². The average Bonchev–Trinajstić information content (AvgIpc) is 3.17. The maximum absolute atomic E-state index is 13.0. The predicted octanol–water partition coefficient (Wildman–Crippen LogP) is 5.02. The number of halogens is 3. The largest absolute Gasteiger partial charge is 0.416 e. The molecule has 1 amide bonds. The Morgan fingerprint density at radius 3 is 2.50 bits per heavy atom. The lowest BCUT2D eigenvalue weighted by atomic mass is 10.1. The highest BCUT2D eigenvalue weighted by Crippen LogP contribution is 2.32. The molecule has 2 unspecified atom stereocenters. The highest BCUT2D eigenvalue weighted by molar-refractivity contribution is 6.00. The highest BCUT2D eigenvalue weighted by Gasteiger charge is 2.31. The van der Waals surface area contributed by atoms with Crippen LogP contribution >= 0.6 is 0 Å². The maximum atomic E-state index is 13.0. The number of hydrogen-bond donors (Lipinski definition) is 3. The molecule has 3 aromatic carbocycles. The Kier molecular flexibility index (Phi) is 7.19. The lowest BCUT2D eigenvalue weighted by Gasteiger charge is -2.20. The van der Waals surface area contributed by atoms with E-state index in [1.54, 1.807) is 24.3 Å². The maximum Gasteiger partial charge on any atom is 0.416 e. The number of rotatable bonds is 7. The molecule has 3 aromatic rings. The summed E-state index contributed by atoms with van der Waals surface area (Å²) in [5.41, 5.74) is 1.33. The number of anilines is 2. The van der Waals surface area contributed by atoms with Crippen molar-refractivity contribution < 1.29 is 23.1 Å². The van der Waals surface area contributed by atoms with Crippen molar-refractivity contribution in [1.82, 2.24) is 10.2 Å². The van der Waals surface area contributed by atoms with Crippen molar-refractivity contribution in [3.8, 4) is 0 Å². The minimum atomic E-state index is -4.45. The number of hydrogen-bond acceptors (Lipinski definition) is 4. The first-order chi connectivity index (χ1) is 16.3. The number of para-hydroxylation sites is 1. The molecule has 2 atom stereocenters. The Balaban J connectivity index is 1.37. The Labute approximate surface area is 196 Å². The fourth-order valence-corrected chi connectivity index (χ4v) is 4.16. The van der Waals surface area contributed by atoms with Crippen LogP contribution in [0.2, 0.25) is 0 Å². The molecule has 8 heteroatoms. The number of carbonyl (C=O) groups excluding carboxylic acids is 1. The van der Waals surface area contributed by atoms with Crippen molar-refractivity contribution in [3.05, 3.63) is 95.6 Å². The van der Waals surface area contributed by atoms with Crippen LogP contribution in [0.4, 0.5) is 24.5 Å². The molecule has 0 bridgehead atoms. The summed E-state index contributed by atoms with van der Waals surface area (Å²) in [6.45, 7) is 1.68. The summed E-state index contributed by atoms with van der Waals surface area (Å²) in [7, 11) is 0. The van der Waals surface area contributed by atoms with Crippen LogP contribution in [0.5, 0.6) is 0 Å². The van der Waals surface area contributed by atoms with Gasteiger partial charge in [0.1, 0.15) is 6.23 Å². The summed E-state index contributed by atoms with van der Waals surface area (Å²) < 4.78 is 39.1. The molecule has 0 radical (unpaired) electrons. The van der Waals surface area contributed by atoms with E-state index in [4.69, 9.17) is 0 Å². The molecule has 0 aromatic heterocycles. The monoisotopic (exact) mass is 469 g/mol. The summed E-state index contributed by atoms with van der Waals surface area (Å²) in [5.74, 6) is -0.239. The second-order valence-corrected chi connectivity index (χ2v) is 8.46. The van der Waals surface area contributed by atoms with E-state index in [0.29, 0.717) is 37.3 Å². The molecule has 0 aliphatic carbocycles. The topological polar surface area (TPSA) is 64.6 Å². The smallest absolute Gasteiger partial charge is 0.378 e. The summed E-state index contributed by atoms with van der Waals surface area (Å²) in [6, 6.07) is 21.4. The number of carbonyl (C=O) groups is 1. The number of aliphatic hydroxyl groups excluding tert-OH is 1. The lowest BCUT2D eigenvalue weighted by molar-refractivity contribution is -0.137. The molecule has 1 aliphatic heterocycles. The molecule has 178 valence electrons. The minimum Gasteiger partial charge on any atom is -0.378 e. The van der Waals surface area contributed by atoms with Crippen LogP contribution in [0.25, 0.3) is 0 Å². The first-order valence-corrected chi connectivity index (χ1v) is 11.1. The van der Waals surface area contributed by atoms with Crippen LogP contribution < -0.4 is 10.6 Å². The van der Waals surface area contributed by atoms with Gasteiger partial charge in [0.05, 0.1) is 16.8 Å². The third kappa shape index (κ3) is 5.95. The van der Waals surface area contributed by atoms with Gasteiger partial charge in [-0.2, -0.15) is 13.2 Å². The minimum absolute atomic E-state index is 0.0891. The molecule has 0 saturated carbocycles. The molecule has 0 spiro atoms. The first kappa shape index (κ1) is 23.8. The Hall–Kier alpha value is -3.36. The normalized spacial score (nSPS) is 18.6. The number of nitrogens with one attached hydrogen (secondary N) is 2. The first-order valence-electron chi connectivity index (χ1n) is 11.1. The summed E-state index contributed by atoms with van der Waals surface area (Å²) in [4.78, 5) is 14.9. The number of likely N-dealkylation sites (tertiary alicyclic amines) is 1. The Morgan fingerprint density at radius 2 is 1.74 bits per heavy atom. The van der Waals surface area contributed by atoms with Crippen molar-refractivity contribution in [2.75, 3.05) is 18.4 Å². The second kappa shape index (κ2) is 10.3. The van der Waals surface area contributed by atoms with Crippen LogP contribution in [0.1, 0.15) is 27.9 Å². The third-order valence-corrected chi connectivity index (χ3v) is 5.88. The van der Waals surface area contributed by atoms with Crippen LogP contribution in [0, 0.1) is 5.92 Å². The van der Waals surface area contributed by atoms with Crippen LogP contribution in [0.15, 0.2) is 78.9 Å². The van der Waals surface area contributed by atoms with Crippen LogP contribution in [0.3, 0.4) is 0 Å². The van der Waals surface area contributed by atoms with E-state index in [9.17, 15) is 23.1 Å². The molecule has 5 nitrogen and oxygen atoms in total. The van der Waals surface area contributed by atoms with E-state index >= 15 is 0 Å². The molecule has 1 fully saturated rings. The van der Waals surface area contributed by atoms with E-state index in [1.165, 1.54) is 12.1 Å². The summed E-state index contributed by atoms with van der Waals surface area (Å²) in [5, 5.41) is 16.3. The van der Waals surface area contributed by atoms with Gasteiger partial charge < -0.3 is 15.7 Å². The molecule has 4 rings (SSSR count). The average molecular weight is 470 g/mol. The molecule has 1 heterocycles. The Bertz CT molecular complexity index is 1120. The van der Waals surface area contributed by atoms with Crippen molar-refractivity contribution in [3.63, 3.8) is 0 Å². The van der Waals surface area contributed by atoms with Crippen molar-refractivity contribution in [2.24, 2.45) is 5.92 Å². The van der Waals surface area contributed by atoms with Crippen molar-refractivity contribution >= 4 is 17.3 Å². The predicted molar refractivity (Wildman–Crippen MR) is 124 cm³/mol. The van der Waals surface area contributed by atoms with E-state index < -0.39 is 18.0 Å². The zero-order valence-corrected chi connectivity index (χ0v) is 18.4. The molecule has 34 heavy (non-hydrogen) atoms. The molecule has 1 saturated heterocycles. The fourth-order valence-electron chi connectivity index (χ4n) is 4.16. The highest BCUT2D eigenvalue weighted by atomic mass is 19.4. The van der Waals surface area contributed by atoms with Crippen molar-refractivity contribution in [1.29, 1.82) is 0 Å². The quantitative estimate of drug-likeness (QED) is 0.455. The van der Waals surface area contributed by atoms with Gasteiger partial charge >= 0.3 is 6.18 Å². The van der Waals surface area contributed by atoms with Crippen LogP contribution in [-0.2, 0) is 12.7 Å². The van der Waals surface area contributed by atoms with Gasteiger partial charge in [0.15, 0.2) is 0 Å². The standard InChI is InChI=1S/C26H26F3N3O2/c27-26(28,29)20-9-6-10-21(14-20)31-23-12-5-4-11-22(23)25(34)30-15-19-13-24(33)32(17-19)16-18-7-2-1-3-8-18/h1-12,14,19,24,31,33H,13,15-17H2,(H,30,34). The molecular weight excluding hydrogens is 443 g/mol. The van der Waals surface area contributed by atoms with E-state index in [2.05, 4.69) is 10.6 Å². The lowest BCUT2D eigenvalue weighted by Crippen LogP contribution is -2.31. The van der Waals surface area contributed by atoms with E-state index in [-0.39, 0.29) is 17.5 Å². The molecule has 3 N–H and O–H groups in total. The summed E-state index contributed by atoms with van der Waals surface area (Å²) in [6.07, 6.45) is -4.47. The second-order valence-electron chi connectivity index (χ2n) is 8.46. The van der Waals surface area contributed by atoms with Gasteiger partial charge in [-0.1, -0.05) is 48.5 Å².